The Morgan fingerprint density at radius 3 is 2.30 bits per heavy atom. The highest BCUT2D eigenvalue weighted by atomic mass is 35.5. The first-order valence-corrected chi connectivity index (χ1v) is 9.77. The highest BCUT2D eigenvalue weighted by molar-refractivity contribution is 7.80. The largest absolute Gasteiger partial charge is 0.368 e. The van der Waals surface area contributed by atoms with Crippen molar-refractivity contribution < 1.29 is 0 Å². The first-order valence-electron chi connectivity index (χ1n) is 8.99. The predicted molar refractivity (Wildman–Crippen MR) is 117 cm³/mol. The van der Waals surface area contributed by atoms with Gasteiger partial charge in [-0.3, -0.25) is 0 Å². The number of rotatable bonds is 3. The van der Waals surface area contributed by atoms with Crippen LogP contribution < -0.4 is 20.4 Å². The molecule has 1 aromatic carbocycles. The number of hydrogen-bond acceptors (Lipinski definition) is 5. The van der Waals surface area contributed by atoms with Crippen LogP contribution in [-0.2, 0) is 0 Å². The van der Waals surface area contributed by atoms with Gasteiger partial charge in [0, 0.05) is 43.5 Å². The van der Waals surface area contributed by atoms with Gasteiger partial charge in [-0.25, -0.2) is 4.98 Å². The molecule has 0 saturated carbocycles. The fourth-order valence-corrected chi connectivity index (χ4v) is 3.50. The molecule has 1 saturated heterocycles. The molecule has 2 aromatic rings. The van der Waals surface area contributed by atoms with E-state index in [1.165, 1.54) is 5.69 Å². The van der Waals surface area contributed by atoms with E-state index in [0.717, 1.165) is 32.0 Å². The van der Waals surface area contributed by atoms with Crippen molar-refractivity contribution in [1.29, 1.82) is 0 Å². The highest BCUT2D eigenvalue weighted by Gasteiger charge is 2.20. The van der Waals surface area contributed by atoms with Crippen LogP contribution in [0.3, 0.4) is 0 Å². The fourth-order valence-electron chi connectivity index (χ4n) is 2.93. The summed E-state index contributed by atoms with van der Waals surface area (Å²) in [6.45, 7) is 9.71. The molecule has 6 nitrogen and oxygen atoms in total. The maximum absolute atomic E-state index is 6.22. The maximum atomic E-state index is 6.22. The zero-order chi connectivity index (χ0) is 19.4. The normalized spacial score (nSPS) is 14.8. The van der Waals surface area contributed by atoms with Crippen molar-refractivity contribution in [2.24, 2.45) is 0 Å². The van der Waals surface area contributed by atoms with Gasteiger partial charge in [-0.05, 0) is 45.1 Å². The van der Waals surface area contributed by atoms with Crippen molar-refractivity contribution in [2.75, 3.05) is 41.3 Å². The molecule has 1 fully saturated rings. The smallest absolute Gasteiger partial charge is 0.232 e. The van der Waals surface area contributed by atoms with Gasteiger partial charge in [-0.1, -0.05) is 29.8 Å². The lowest BCUT2D eigenvalue weighted by molar-refractivity contribution is 0.514. The van der Waals surface area contributed by atoms with Gasteiger partial charge in [0.25, 0.3) is 0 Å². The van der Waals surface area contributed by atoms with E-state index in [1.54, 1.807) is 6.07 Å². The number of benzene rings is 1. The standard InChI is InChI=1S/C19H25ClN6S/c1-19(2,3)24-18(27)23-17-21-15(20)13-16(22-17)26-11-9-25(10-12-26)14-7-5-4-6-8-14/h4-8,13H,9-12H2,1-3H3,(H2,21,22,23,24,27). The van der Waals surface area contributed by atoms with Crippen LogP contribution in [0.1, 0.15) is 20.8 Å². The van der Waals surface area contributed by atoms with Crippen LogP contribution in [0.5, 0.6) is 0 Å². The SMILES string of the molecule is CC(C)(C)NC(=S)Nc1nc(Cl)cc(N2CCN(c3ccccc3)CC2)n1. The number of para-hydroxylation sites is 1. The zero-order valence-corrected chi connectivity index (χ0v) is 17.4. The van der Waals surface area contributed by atoms with E-state index in [1.807, 2.05) is 26.8 Å². The summed E-state index contributed by atoms with van der Waals surface area (Å²) in [4.78, 5) is 13.4. The molecule has 0 spiro atoms. The summed E-state index contributed by atoms with van der Waals surface area (Å²) in [6.07, 6.45) is 0. The Morgan fingerprint density at radius 2 is 1.67 bits per heavy atom. The minimum Gasteiger partial charge on any atom is -0.368 e. The summed E-state index contributed by atoms with van der Waals surface area (Å²) in [5, 5.41) is 7.09. The molecule has 1 aliphatic rings. The molecular formula is C19H25ClN6S. The predicted octanol–water partition coefficient (Wildman–Crippen LogP) is 3.54. The summed E-state index contributed by atoms with van der Waals surface area (Å²) in [5.74, 6) is 1.22. The average molecular weight is 405 g/mol. The summed E-state index contributed by atoms with van der Waals surface area (Å²) in [6, 6.07) is 12.3. The second-order valence-corrected chi connectivity index (χ2v) is 8.31. The van der Waals surface area contributed by atoms with Gasteiger partial charge < -0.3 is 20.4 Å². The van der Waals surface area contributed by atoms with Gasteiger partial charge in [-0.2, -0.15) is 4.98 Å². The number of thiocarbonyl (C=S) groups is 1. The minimum absolute atomic E-state index is 0.140. The third-order valence-electron chi connectivity index (χ3n) is 4.12. The number of nitrogens with one attached hydrogen (secondary N) is 2. The first kappa shape index (κ1) is 19.6. The van der Waals surface area contributed by atoms with Gasteiger partial charge in [-0.15, -0.1) is 0 Å². The topological polar surface area (TPSA) is 56.3 Å². The van der Waals surface area contributed by atoms with E-state index in [-0.39, 0.29) is 5.54 Å². The van der Waals surface area contributed by atoms with E-state index in [2.05, 4.69) is 54.7 Å². The number of halogens is 1. The minimum atomic E-state index is -0.140. The quantitative estimate of drug-likeness (QED) is 0.599. The molecule has 0 radical (unpaired) electrons. The van der Waals surface area contributed by atoms with Crippen LogP contribution >= 0.6 is 23.8 Å². The van der Waals surface area contributed by atoms with Crippen molar-refractivity contribution in [1.82, 2.24) is 15.3 Å². The summed E-state index contributed by atoms with van der Waals surface area (Å²) in [5.41, 5.74) is 1.11. The monoisotopic (exact) mass is 404 g/mol. The Bertz CT molecular complexity index is 785. The van der Waals surface area contributed by atoms with Crippen LogP contribution in [0.25, 0.3) is 0 Å². The number of piperazine rings is 1. The molecule has 1 aromatic heterocycles. The second kappa shape index (κ2) is 8.27. The summed E-state index contributed by atoms with van der Waals surface area (Å²) in [7, 11) is 0. The Labute approximate surface area is 170 Å². The van der Waals surface area contributed by atoms with E-state index in [9.17, 15) is 0 Å². The number of anilines is 3. The molecule has 8 heteroatoms. The Morgan fingerprint density at radius 1 is 1.04 bits per heavy atom. The fraction of sp³-hybridized carbons (Fsp3) is 0.421. The molecular weight excluding hydrogens is 380 g/mol. The third-order valence-corrected chi connectivity index (χ3v) is 4.52. The second-order valence-electron chi connectivity index (χ2n) is 7.51. The summed E-state index contributed by atoms with van der Waals surface area (Å²) >= 11 is 11.5. The first-order chi connectivity index (χ1) is 12.8. The molecule has 144 valence electrons. The molecule has 1 aliphatic heterocycles. The van der Waals surface area contributed by atoms with Gasteiger partial charge >= 0.3 is 0 Å². The lowest BCUT2D eigenvalue weighted by atomic mass is 10.1. The van der Waals surface area contributed by atoms with E-state index < -0.39 is 0 Å². The van der Waals surface area contributed by atoms with Crippen LogP contribution in [0.4, 0.5) is 17.5 Å². The van der Waals surface area contributed by atoms with Crippen LogP contribution in [-0.4, -0.2) is 46.8 Å². The van der Waals surface area contributed by atoms with Crippen molar-refractivity contribution >= 4 is 46.4 Å². The molecule has 2 N–H and O–H groups in total. The molecule has 0 atom stereocenters. The Balaban J connectivity index is 1.65. The highest BCUT2D eigenvalue weighted by Crippen LogP contribution is 2.22. The van der Waals surface area contributed by atoms with Gasteiger partial charge in [0.1, 0.15) is 11.0 Å². The maximum Gasteiger partial charge on any atom is 0.232 e. The van der Waals surface area contributed by atoms with Gasteiger partial charge in [0.15, 0.2) is 5.11 Å². The van der Waals surface area contributed by atoms with E-state index in [0.29, 0.717) is 16.2 Å². The zero-order valence-electron chi connectivity index (χ0n) is 15.9. The van der Waals surface area contributed by atoms with Crippen molar-refractivity contribution in [3.8, 4) is 0 Å². The number of nitrogens with zero attached hydrogens (tertiary/aromatic N) is 4. The van der Waals surface area contributed by atoms with E-state index in [4.69, 9.17) is 23.8 Å². The molecule has 0 bridgehead atoms. The van der Waals surface area contributed by atoms with Crippen LogP contribution in [0.2, 0.25) is 5.15 Å². The molecule has 0 aliphatic carbocycles. The van der Waals surface area contributed by atoms with Crippen molar-refractivity contribution in [3.05, 3.63) is 41.6 Å². The van der Waals surface area contributed by atoms with Crippen LogP contribution in [0.15, 0.2) is 36.4 Å². The molecule has 27 heavy (non-hydrogen) atoms. The van der Waals surface area contributed by atoms with Crippen molar-refractivity contribution in [2.45, 2.75) is 26.3 Å². The Kier molecular flexibility index (Phi) is 6.01. The number of aromatic nitrogens is 2. The molecule has 0 amide bonds. The lowest BCUT2D eigenvalue weighted by Gasteiger charge is -2.36. The Hall–Kier alpha value is -2.12. The molecule has 0 unspecified atom stereocenters. The van der Waals surface area contributed by atoms with Gasteiger partial charge in [0.2, 0.25) is 5.95 Å². The average Bonchev–Trinajstić information content (AvgIpc) is 2.60. The molecule has 3 rings (SSSR count). The van der Waals surface area contributed by atoms with Crippen molar-refractivity contribution in [3.63, 3.8) is 0 Å². The van der Waals surface area contributed by atoms with E-state index >= 15 is 0 Å². The van der Waals surface area contributed by atoms with Crippen LogP contribution in [0, 0.1) is 0 Å². The van der Waals surface area contributed by atoms with Gasteiger partial charge in [0.05, 0.1) is 0 Å². The third kappa shape index (κ3) is 5.68. The summed E-state index contributed by atoms with van der Waals surface area (Å²) < 4.78 is 0. The lowest BCUT2D eigenvalue weighted by Crippen LogP contribution is -2.47. The number of hydrogen-bond donors (Lipinski definition) is 2. The molecule has 2 heterocycles.